The number of nitrogens with two attached hydrogens (primary N) is 1. The van der Waals surface area contributed by atoms with Crippen LogP contribution in [0.1, 0.15) is 51.5 Å². The summed E-state index contributed by atoms with van der Waals surface area (Å²) in [6.45, 7) is 6.80. The summed E-state index contributed by atoms with van der Waals surface area (Å²) in [5.41, 5.74) is 7.46. The molecule has 1 fully saturated rings. The van der Waals surface area contributed by atoms with Crippen LogP contribution in [-0.2, 0) is 16.1 Å². The fourth-order valence-corrected chi connectivity index (χ4v) is 3.51. The zero-order valence-corrected chi connectivity index (χ0v) is 15.5. The van der Waals surface area contributed by atoms with Gasteiger partial charge in [0.05, 0.1) is 5.92 Å². The van der Waals surface area contributed by atoms with Gasteiger partial charge in [-0.1, -0.05) is 38.8 Å². The van der Waals surface area contributed by atoms with E-state index < -0.39 is 0 Å². The second-order valence-corrected chi connectivity index (χ2v) is 7.32. The lowest BCUT2D eigenvalue weighted by molar-refractivity contribution is -0.123. The van der Waals surface area contributed by atoms with E-state index >= 15 is 0 Å². The van der Waals surface area contributed by atoms with E-state index in [-0.39, 0.29) is 17.7 Å². The summed E-state index contributed by atoms with van der Waals surface area (Å²) in [4.78, 5) is 25.7. The Bertz CT molecular complexity index is 571. The zero-order valence-electron chi connectivity index (χ0n) is 15.5. The van der Waals surface area contributed by atoms with E-state index in [1.54, 1.807) is 0 Å². The van der Waals surface area contributed by atoms with Crippen molar-refractivity contribution in [1.82, 2.24) is 4.90 Å². The van der Waals surface area contributed by atoms with Crippen molar-refractivity contribution in [2.75, 3.05) is 18.4 Å². The van der Waals surface area contributed by atoms with Crippen LogP contribution < -0.4 is 11.1 Å². The van der Waals surface area contributed by atoms with E-state index in [1.165, 1.54) is 5.56 Å². The van der Waals surface area contributed by atoms with Gasteiger partial charge in [-0.15, -0.1) is 0 Å². The lowest BCUT2D eigenvalue weighted by Crippen LogP contribution is -2.40. The number of likely N-dealkylation sites (tertiary alicyclic amines) is 1. The number of benzene rings is 1. The molecule has 3 N–H and O–H groups in total. The molecule has 0 aliphatic carbocycles. The molecule has 0 bridgehead atoms. The molecule has 1 heterocycles. The molecule has 1 aliphatic heterocycles. The standard InChI is InChI=1S/C20H31N3O2/c1-3-5-15(2)12-19(24)22-18-9-7-16(8-10-18)13-23-11-4-6-17(14-23)20(21)25/h7-10,15,17H,3-6,11-14H2,1-2H3,(H2,21,25)(H,22,24). The lowest BCUT2D eigenvalue weighted by Gasteiger charge is -2.31. The van der Waals surface area contributed by atoms with E-state index in [9.17, 15) is 9.59 Å². The molecular formula is C20H31N3O2. The molecule has 25 heavy (non-hydrogen) atoms. The van der Waals surface area contributed by atoms with E-state index in [4.69, 9.17) is 5.73 Å². The predicted molar refractivity (Wildman–Crippen MR) is 101 cm³/mol. The summed E-state index contributed by atoms with van der Waals surface area (Å²) in [5, 5.41) is 2.97. The molecule has 2 amide bonds. The van der Waals surface area contributed by atoms with Gasteiger partial charge in [-0.3, -0.25) is 14.5 Å². The first kappa shape index (κ1) is 19.4. The van der Waals surface area contributed by atoms with Gasteiger partial charge < -0.3 is 11.1 Å². The molecule has 5 heteroatoms. The Morgan fingerprint density at radius 3 is 2.68 bits per heavy atom. The SMILES string of the molecule is CCCC(C)CC(=O)Nc1ccc(CN2CCCC(C(N)=O)C2)cc1. The quantitative estimate of drug-likeness (QED) is 0.760. The number of amides is 2. The molecule has 5 nitrogen and oxygen atoms in total. The molecule has 2 rings (SSSR count). The van der Waals surface area contributed by atoms with Crippen molar-refractivity contribution in [2.24, 2.45) is 17.6 Å². The highest BCUT2D eigenvalue weighted by atomic mass is 16.2. The summed E-state index contributed by atoms with van der Waals surface area (Å²) >= 11 is 0. The van der Waals surface area contributed by atoms with Gasteiger partial charge in [-0.05, 0) is 43.0 Å². The van der Waals surface area contributed by atoms with Crippen LogP contribution in [0.3, 0.4) is 0 Å². The van der Waals surface area contributed by atoms with Gasteiger partial charge in [0.25, 0.3) is 0 Å². The van der Waals surface area contributed by atoms with Crippen LogP contribution in [0.15, 0.2) is 24.3 Å². The Balaban J connectivity index is 1.83. The van der Waals surface area contributed by atoms with Crippen LogP contribution in [0, 0.1) is 11.8 Å². The zero-order chi connectivity index (χ0) is 18.2. The highest BCUT2D eigenvalue weighted by Crippen LogP contribution is 2.19. The Hall–Kier alpha value is -1.88. The largest absolute Gasteiger partial charge is 0.369 e. The third-order valence-electron chi connectivity index (χ3n) is 4.87. The highest BCUT2D eigenvalue weighted by molar-refractivity contribution is 5.90. The van der Waals surface area contributed by atoms with Crippen LogP contribution in [-0.4, -0.2) is 29.8 Å². The van der Waals surface area contributed by atoms with Gasteiger partial charge in [-0.25, -0.2) is 0 Å². The Labute approximate surface area is 151 Å². The monoisotopic (exact) mass is 345 g/mol. The van der Waals surface area contributed by atoms with Crippen molar-refractivity contribution < 1.29 is 9.59 Å². The van der Waals surface area contributed by atoms with Crippen molar-refractivity contribution in [3.63, 3.8) is 0 Å². The average Bonchev–Trinajstić information content (AvgIpc) is 2.57. The molecule has 2 unspecified atom stereocenters. The summed E-state index contributed by atoms with van der Waals surface area (Å²) in [7, 11) is 0. The number of hydrogen-bond acceptors (Lipinski definition) is 3. The minimum absolute atomic E-state index is 0.0302. The number of nitrogens with zero attached hydrogens (tertiary/aromatic N) is 1. The first-order valence-corrected chi connectivity index (χ1v) is 9.38. The highest BCUT2D eigenvalue weighted by Gasteiger charge is 2.23. The molecule has 1 saturated heterocycles. The lowest BCUT2D eigenvalue weighted by atomic mass is 9.97. The number of nitrogens with one attached hydrogen (secondary N) is 1. The van der Waals surface area contributed by atoms with Gasteiger partial charge >= 0.3 is 0 Å². The van der Waals surface area contributed by atoms with Crippen LogP contribution in [0.25, 0.3) is 0 Å². The first-order valence-electron chi connectivity index (χ1n) is 9.38. The number of anilines is 1. The number of piperidine rings is 1. The van der Waals surface area contributed by atoms with Crippen LogP contribution >= 0.6 is 0 Å². The molecule has 0 radical (unpaired) electrons. The maximum absolute atomic E-state index is 12.0. The van der Waals surface area contributed by atoms with Crippen molar-refractivity contribution in [3.8, 4) is 0 Å². The molecule has 1 aromatic carbocycles. The molecular weight excluding hydrogens is 314 g/mol. The van der Waals surface area contributed by atoms with Crippen LogP contribution in [0.5, 0.6) is 0 Å². The number of rotatable bonds is 8. The summed E-state index contributed by atoms with van der Waals surface area (Å²) in [6, 6.07) is 7.98. The van der Waals surface area contributed by atoms with Crippen LogP contribution in [0.4, 0.5) is 5.69 Å². The van der Waals surface area contributed by atoms with E-state index in [0.29, 0.717) is 12.3 Å². The summed E-state index contributed by atoms with van der Waals surface area (Å²) in [5.74, 6) is 0.271. The molecule has 0 saturated carbocycles. The van der Waals surface area contributed by atoms with E-state index in [2.05, 4.69) is 24.1 Å². The fraction of sp³-hybridized carbons (Fsp3) is 0.600. The first-order chi connectivity index (χ1) is 12.0. The van der Waals surface area contributed by atoms with Gasteiger partial charge in [0.15, 0.2) is 0 Å². The number of carbonyl (C=O) groups excluding carboxylic acids is 2. The Morgan fingerprint density at radius 2 is 2.04 bits per heavy atom. The molecule has 1 aliphatic rings. The topological polar surface area (TPSA) is 75.4 Å². The van der Waals surface area contributed by atoms with Crippen LogP contribution in [0.2, 0.25) is 0 Å². The van der Waals surface area contributed by atoms with Gasteiger partial charge in [-0.2, -0.15) is 0 Å². The van der Waals surface area contributed by atoms with Gasteiger partial charge in [0.2, 0.25) is 11.8 Å². The molecule has 1 aromatic rings. The third kappa shape index (κ3) is 6.50. The van der Waals surface area contributed by atoms with Crippen molar-refractivity contribution >= 4 is 17.5 Å². The predicted octanol–water partition coefficient (Wildman–Crippen LogP) is 3.15. The number of primary amides is 1. The molecule has 0 spiro atoms. The number of hydrogen-bond donors (Lipinski definition) is 2. The minimum atomic E-state index is -0.194. The van der Waals surface area contributed by atoms with Gasteiger partial charge in [0.1, 0.15) is 0 Å². The smallest absolute Gasteiger partial charge is 0.224 e. The molecule has 0 aromatic heterocycles. The maximum atomic E-state index is 12.0. The fourth-order valence-electron chi connectivity index (χ4n) is 3.51. The Kier molecular flexibility index (Phi) is 7.44. The summed E-state index contributed by atoms with van der Waals surface area (Å²) in [6.07, 6.45) is 4.66. The normalized spacial score (nSPS) is 19.4. The molecule has 2 atom stereocenters. The third-order valence-corrected chi connectivity index (χ3v) is 4.87. The van der Waals surface area contributed by atoms with Crippen molar-refractivity contribution in [3.05, 3.63) is 29.8 Å². The van der Waals surface area contributed by atoms with Crippen molar-refractivity contribution in [1.29, 1.82) is 0 Å². The van der Waals surface area contributed by atoms with E-state index in [0.717, 1.165) is 51.0 Å². The summed E-state index contributed by atoms with van der Waals surface area (Å²) < 4.78 is 0. The van der Waals surface area contributed by atoms with Crippen molar-refractivity contribution in [2.45, 2.75) is 52.5 Å². The second-order valence-electron chi connectivity index (χ2n) is 7.32. The maximum Gasteiger partial charge on any atom is 0.224 e. The minimum Gasteiger partial charge on any atom is -0.369 e. The van der Waals surface area contributed by atoms with Gasteiger partial charge in [0, 0.05) is 25.2 Å². The number of carbonyl (C=O) groups is 2. The molecule has 138 valence electrons. The van der Waals surface area contributed by atoms with E-state index in [1.807, 2.05) is 24.3 Å². The average molecular weight is 345 g/mol. The Morgan fingerprint density at radius 1 is 1.32 bits per heavy atom. The second kappa shape index (κ2) is 9.56.